The quantitative estimate of drug-likeness (QED) is 0.501. The van der Waals surface area contributed by atoms with Crippen LogP contribution >= 0.6 is 0 Å². The van der Waals surface area contributed by atoms with Gasteiger partial charge in [-0.3, -0.25) is 16.0 Å². The first kappa shape index (κ1) is 14.8. The lowest BCUT2D eigenvalue weighted by molar-refractivity contribution is -0.384. The van der Waals surface area contributed by atoms with Gasteiger partial charge in [-0.1, -0.05) is 18.2 Å². The van der Waals surface area contributed by atoms with E-state index in [0.29, 0.717) is 12.2 Å². The fraction of sp³-hybridized carbons (Fsp3) is 0.200. The number of nitro benzene ring substituents is 1. The standard InChI is InChI=1S/C15H18N4O2/c1-11-4-3-5-13(8-11)18(2)10-12-6-7-14(17-16)15(9-12)19(20)21/h3-9,17H,10,16H2,1-2H3. The topological polar surface area (TPSA) is 84.4 Å². The number of benzene rings is 2. The molecule has 0 heterocycles. The number of nitrogens with one attached hydrogen (secondary N) is 1. The van der Waals surface area contributed by atoms with Gasteiger partial charge in [-0.25, -0.2) is 0 Å². The van der Waals surface area contributed by atoms with Crippen LogP contribution in [0.4, 0.5) is 17.1 Å². The van der Waals surface area contributed by atoms with E-state index in [9.17, 15) is 10.1 Å². The SMILES string of the molecule is Cc1cccc(N(C)Cc2ccc(NN)c([N+](=O)[O-])c2)c1. The number of aryl methyl sites for hydroxylation is 1. The third kappa shape index (κ3) is 3.49. The van der Waals surface area contributed by atoms with Crippen molar-refractivity contribution in [3.63, 3.8) is 0 Å². The fourth-order valence-electron chi connectivity index (χ4n) is 2.18. The molecule has 21 heavy (non-hydrogen) atoms. The number of hydrogen-bond acceptors (Lipinski definition) is 5. The highest BCUT2D eigenvalue weighted by atomic mass is 16.6. The van der Waals surface area contributed by atoms with Gasteiger partial charge in [0.2, 0.25) is 0 Å². The molecule has 0 atom stereocenters. The molecule has 6 heteroatoms. The van der Waals surface area contributed by atoms with Crippen molar-refractivity contribution >= 4 is 17.1 Å². The van der Waals surface area contributed by atoms with Gasteiger partial charge in [0, 0.05) is 25.3 Å². The zero-order valence-corrected chi connectivity index (χ0v) is 12.0. The lowest BCUT2D eigenvalue weighted by Gasteiger charge is -2.20. The van der Waals surface area contributed by atoms with Gasteiger partial charge >= 0.3 is 0 Å². The van der Waals surface area contributed by atoms with E-state index in [1.165, 1.54) is 5.56 Å². The van der Waals surface area contributed by atoms with Crippen molar-refractivity contribution in [3.8, 4) is 0 Å². The highest BCUT2D eigenvalue weighted by molar-refractivity contribution is 5.62. The first-order valence-corrected chi connectivity index (χ1v) is 6.53. The van der Waals surface area contributed by atoms with Crippen molar-refractivity contribution in [2.24, 2.45) is 5.84 Å². The molecule has 0 aliphatic carbocycles. The summed E-state index contributed by atoms with van der Waals surface area (Å²) >= 11 is 0. The van der Waals surface area contributed by atoms with Crippen molar-refractivity contribution in [1.29, 1.82) is 0 Å². The molecular weight excluding hydrogens is 268 g/mol. The molecule has 6 nitrogen and oxygen atoms in total. The van der Waals surface area contributed by atoms with E-state index < -0.39 is 4.92 Å². The van der Waals surface area contributed by atoms with E-state index in [-0.39, 0.29) is 5.69 Å². The van der Waals surface area contributed by atoms with Gasteiger partial charge in [0.1, 0.15) is 5.69 Å². The summed E-state index contributed by atoms with van der Waals surface area (Å²) in [4.78, 5) is 12.6. The van der Waals surface area contributed by atoms with Gasteiger partial charge < -0.3 is 10.3 Å². The fourth-order valence-corrected chi connectivity index (χ4v) is 2.18. The van der Waals surface area contributed by atoms with Crippen LogP contribution in [0.25, 0.3) is 0 Å². The number of anilines is 2. The Hall–Kier alpha value is -2.60. The van der Waals surface area contributed by atoms with Crippen LogP contribution in [0, 0.1) is 17.0 Å². The summed E-state index contributed by atoms with van der Waals surface area (Å²) in [6.45, 7) is 2.61. The maximum absolute atomic E-state index is 11.0. The molecule has 0 amide bonds. The molecule has 0 spiro atoms. The third-order valence-corrected chi connectivity index (χ3v) is 3.28. The molecular formula is C15H18N4O2. The van der Waals surface area contributed by atoms with Gasteiger partial charge in [0.05, 0.1) is 4.92 Å². The second-order valence-corrected chi connectivity index (χ2v) is 4.95. The molecule has 0 saturated carbocycles. The minimum absolute atomic E-state index is 0.0207. The van der Waals surface area contributed by atoms with E-state index in [1.54, 1.807) is 12.1 Å². The molecule has 0 aromatic heterocycles. The van der Waals surface area contributed by atoms with Gasteiger partial charge in [0.15, 0.2) is 0 Å². The predicted octanol–water partition coefficient (Wildman–Crippen LogP) is 2.83. The Kier molecular flexibility index (Phi) is 4.39. The van der Waals surface area contributed by atoms with E-state index in [4.69, 9.17) is 5.84 Å². The Labute approximate surface area is 123 Å². The minimum atomic E-state index is -0.439. The maximum Gasteiger partial charge on any atom is 0.293 e. The molecule has 0 aliphatic rings. The second kappa shape index (κ2) is 6.23. The van der Waals surface area contributed by atoms with E-state index >= 15 is 0 Å². The molecule has 0 unspecified atom stereocenters. The number of nitrogen functional groups attached to an aromatic ring is 1. The number of nitrogens with two attached hydrogens (primary N) is 1. The van der Waals surface area contributed by atoms with Crippen LogP contribution in [-0.2, 0) is 6.54 Å². The Morgan fingerprint density at radius 1 is 1.29 bits per heavy atom. The first-order valence-electron chi connectivity index (χ1n) is 6.53. The number of rotatable bonds is 5. The summed E-state index contributed by atoms with van der Waals surface area (Å²) in [6, 6.07) is 13.1. The average Bonchev–Trinajstić information content (AvgIpc) is 2.47. The zero-order valence-electron chi connectivity index (χ0n) is 12.0. The van der Waals surface area contributed by atoms with Gasteiger partial charge in [-0.05, 0) is 36.2 Å². The Morgan fingerprint density at radius 3 is 2.67 bits per heavy atom. The number of hydrogen-bond donors (Lipinski definition) is 2. The van der Waals surface area contributed by atoms with E-state index in [0.717, 1.165) is 11.3 Å². The normalized spacial score (nSPS) is 10.2. The van der Waals surface area contributed by atoms with Gasteiger partial charge in [-0.2, -0.15) is 0 Å². The van der Waals surface area contributed by atoms with E-state index in [2.05, 4.69) is 11.5 Å². The van der Waals surface area contributed by atoms with Crippen LogP contribution in [-0.4, -0.2) is 12.0 Å². The molecule has 110 valence electrons. The highest BCUT2D eigenvalue weighted by Crippen LogP contribution is 2.26. The second-order valence-electron chi connectivity index (χ2n) is 4.95. The van der Waals surface area contributed by atoms with Crippen LogP contribution < -0.4 is 16.2 Å². The van der Waals surface area contributed by atoms with Crippen molar-refractivity contribution in [2.45, 2.75) is 13.5 Å². The number of hydrazine groups is 1. The Morgan fingerprint density at radius 2 is 2.05 bits per heavy atom. The summed E-state index contributed by atoms with van der Waals surface area (Å²) < 4.78 is 0. The van der Waals surface area contributed by atoms with Crippen LogP contribution in [0.1, 0.15) is 11.1 Å². The molecule has 0 aliphatic heterocycles. The van der Waals surface area contributed by atoms with Crippen LogP contribution in [0.5, 0.6) is 0 Å². The Bertz CT molecular complexity index is 658. The molecule has 0 fully saturated rings. The van der Waals surface area contributed by atoms with Crippen molar-refractivity contribution < 1.29 is 4.92 Å². The van der Waals surface area contributed by atoms with Crippen LogP contribution in [0.2, 0.25) is 0 Å². The molecule has 2 aromatic rings. The summed E-state index contributed by atoms with van der Waals surface area (Å²) in [5.74, 6) is 5.28. The number of nitro groups is 1. The summed E-state index contributed by atoms with van der Waals surface area (Å²) in [7, 11) is 1.95. The number of nitrogens with zero attached hydrogens (tertiary/aromatic N) is 2. The summed E-state index contributed by atoms with van der Waals surface area (Å²) in [5.41, 5.74) is 5.72. The smallest absolute Gasteiger partial charge is 0.293 e. The van der Waals surface area contributed by atoms with Crippen LogP contribution in [0.15, 0.2) is 42.5 Å². The molecule has 0 saturated heterocycles. The van der Waals surface area contributed by atoms with Gasteiger partial charge in [0.25, 0.3) is 5.69 Å². The molecule has 2 aromatic carbocycles. The highest BCUT2D eigenvalue weighted by Gasteiger charge is 2.14. The molecule has 2 rings (SSSR count). The lowest BCUT2D eigenvalue weighted by atomic mass is 10.1. The Balaban J connectivity index is 2.23. The monoisotopic (exact) mass is 286 g/mol. The largest absolute Gasteiger partial charge is 0.370 e. The zero-order chi connectivity index (χ0) is 15.4. The van der Waals surface area contributed by atoms with Crippen molar-refractivity contribution in [2.75, 3.05) is 17.4 Å². The molecule has 0 radical (unpaired) electrons. The predicted molar refractivity (Wildman–Crippen MR) is 84.2 cm³/mol. The first-order chi connectivity index (χ1) is 10.0. The third-order valence-electron chi connectivity index (χ3n) is 3.28. The van der Waals surface area contributed by atoms with Gasteiger partial charge in [-0.15, -0.1) is 0 Å². The molecule has 0 bridgehead atoms. The molecule has 3 N–H and O–H groups in total. The van der Waals surface area contributed by atoms with Crippen molar-refractivity contribution in [1.82, 2.24) is 0 Å². The van der Waals surface area contributed by atoms with Crippen molar-refractivity contribution in [3.05, 3.63) is 63.7 Å². The summed E-state index contributed by atoms with van der Waals surface area (Å²) in [5, 5.41) is 11.0. The maximum atomic E-state index is 11.0. The van der Waals surface area contributed by atoms with E-state index in [1.807, 2.05) is 43.1 Å². The summed E-state index contributed by atoms with van der Waals surface area (Å²) in [6.07, 6.45) is 0. The minimum Gasteiger partial charge on any atom is -0.370 e. The lowest BCUT2D eigenvalue weighted by Crippen LogP contribution is -2.17. The van der Waals surface area contributed by atoms with Crippen LogP contribution in [0.3, 0.4) is 0 Å². The average molecular weight is 286 g/mol.